The number of ether oxygens (including phenoxy) is 1. The minimum atomic E-state index is 0.0494. The molecule has 1 saturated heterocycles. The lowest BCUT2D eigenvalue weighted by Crippen LogP contribution is -2.49. The largest absolute Gasteiger partial charge is 0.497 e. The molecule has 0 radical (unpaired) electrons. The third-order valence-electron chi connectivity index (χ3n) is 6.02. The summed E-state index contributed by atoms with van der Waals surface area (Å²) >= 11 is 1.59. The fourth-order valence-corrected chi connectivity index (χ4v) is 5.39. The average molecular weight is 407 g/mol. The van der Waals surface area contributed by atoms with E-state index in [-0.39, 0.29) is 17.4 Å². The van der Waals surface area contributed by atoms with Crippen LogP contribution in [0.2, 0.25) is 0 Å². The van der Waals surface area contributed by atoms with Gasteiger partial charge in [0.15, 0.2) is 0 Å². The van der Waals surface area contributed by atoms with Crippen LogP contribution in [-0.4, -0.2) is 35.6 Å². The van der Waals surface area contributed by atoms with Crippen molar-refractivity contribution in [1.82, 2.24) is 9.47 Å². The maximum Gasteiger partial charge on any atom is 0.259 e. The molecule has 4 heterocycles. The number of methoxy groups -OCH3 is 1. The highest BCUT2D eigenvalue weighted by atomic mass is 32.1. The molecule has 3 aromatic rings. The lowest BCUT2D eigenvalue weighted by Gasteiger charge is -2.43. The summed E-state index contributed by atoms with van der Waals surface area (Å²) < 4.78 is 7.13. The van der Waals surface area contributed by atoms with E-state index in [9.17, 15) is 9.59 Å². The number of fused-ring (bicyclic) bond motifs is 4. The summed E-state index contributed by atoms with van der Waals surface area (Å²) in [6.07, 6.45) is 1.03. The second kappa shape index (κ2) is 7.19. The Balaban J connectivity index is 1.43. The second-order valence-corrected chi connectivity index (χ2v) is 8.75. The maximum absolute atomic E-state index is 13.1. The first-order chi connectivity index (χ1) is 14.1. The van der Waals surface area contributed by atoms with E-state index < -0.39 is 0 Å². The van der Waals surface area contributed by atoms with Crippen LogP contribution in [0.1, 0.15) is 28.4 Å². The fourth-order valence-electron chi connectivity index (χ4n) is 4.65. The summed E-state index contributed by atoms with van der Waals surface area (Å²) in [5.74, 6) is 1.30. The molecule has 1 fully saturated rings. The first-order valence-corrected chi connectivity index (χ1v) is 10.7. The number of hydrogen-bond acceptors (Lipinski definition) is 4. The smallest absolute Gasteiger partial charge is 0.259 e. The predicted octanol–water partition coefficient (Wildman–Crippen LogP) is 3.84. The molecular formula is C23H22N2O3S. The van der Waals surface area contributed by atoms with Crippen molar-refractivity contribution in [3.8, 4) is 16.2 Å². The van der Waals surface area contributed by atoms with E-state index >= 15 is 0 Å². The predicted molar refractivity (Wildman–Crippen MR) is 114 cm³/mol. The number of pyridine rings is 1. The van der Waals surface area contributed by atoms with Crippen molar-refractivity contribution in [1.29, 1.82) is 0 Å². The van der Waals surface area contributed by atoms with Crippen LogP contribution in [-0.2, 0) is 6.54 Å². The van der Waals surface area contributed by atoms with E-state index in [0.717, 1.165) is 28.3 Å². The summed E-state index contributed by atoms with van der Waals surface area (Å²) in [6.45, 7) is 2.02. The molecule has 0 unspecified atom stereocenters. The lowest BCUT2D eigenvalue weighted by molar-refractivity contribution is 0.0594. The number of benzene rings is 1. The van der Waals surface area contributed by atoms with Crippen LogP contribution in [0.5, 0.6) is 5.75 Å². The number of likely N-dealkylation sites (tertiary alicyclic amines) is 1. The van der Waals surface area contributed by atoms with Crippen molar-refractivity contribution in [2.24, 2.45) is 5.92 Å². The van der Waals surface area contributed by atoms with Gasteiger partial charge in [-0.3, -0.25) is 9.59 Å². The summed E-state index contributed by atoms with van der Waals surface area (Å²) in [7, 11) is 1.62. The number of nitrogens with zero attached hydrogens (tertiary/aromatic N) is 2. The standard InChI is InChI=1S/C23H22N2O3S/c1-28-18-6-4-16(5-7-18)22(26)24-12-15-11-17(14-24)20-9-8-19(21-3-2-10-29-21)23(27)25(20)13-15/h2-10,15,17H,11-14H2,1H3/t15-,17+/m0/s1. The monoisotopic (exact) mass is 406 g/mol. The van der Waals surface area contributed by atoms with E-state index in [1.54, 1.807) is 18.4 Å². The van der Waals surface area contributed by atoms with Gasteiger partial charge in [0.1, 0.15) is 5.75 Å². The SMILES string of the molecule is COc1ccc(C(=O)N2C[C@@H]3C[C@H](C2)c2ccc(-c4cccs4)c(=O)n2C3)cc1. The van der Waals surface area contributed by atoms with Gasteiger partial charge in [-0.1, -0.05) is 6.07 Å². The maximum atomic E-state index is 13.1. The van der Waals surface area contributed by atoms with Crippen molar-refractivity contribution in [3.63, 3.8) is 0 Å². The number of piperidine rings is 1. The molecule has 2 aromatic heterocycles. The summed E-state index contributed by atoms with van der Waals surface area (Å²) in [5, 5.41) is 2.00. The molecular weight excluding hydrogens is 384 g/mol. The van der Waals surface area contributed by atoms with Crippen molar-refractivity contribution in [2.75, 3.05) is 20.2 Å². The molecule has 0 aliphatic carbocycles. The molecule has 1 amide bonds. The van der Waals surface area contributed by atoms with Gasteiger partial charge in [-0.2, -0.15) is 0 Å². The number of hydrogen-bond donors (Lipinski definition) is 0. The fraction of sp³-hybridized carbons (Fsp3) is 0.304. The molecule has 2 aliphatic rings. The van der Waals surface area contributed by atoms with E-state index in [2.05, 4.69) is 6.07 Å². The van der Waals surface area contributed by atoms with Gasteiger partial charge in [0.05, 0.1) is 12.7 Å². The number of aromatic nitrogens is 1. The third kappa shape index (κ3) is 3.17. The number of carbonyl (C=O) groups is 1. The van der Waals surface area contributed by atoms with Gasteiger partial charge in [0.2, 0.25) is 0 Å². The Morgan fingerprint density at radius 3 is 2.62 bits per heavy atom. The van der Waals surface area contributed by atoms with Crippen LogP contribution in [0.25, 0.3) is 10.4 Å². The van der Waals surface area contributed by atoms with Crippen LogP contribution in [0.3, 0.4) is 0 Å². The topological polar surface area (TPSA) is 51.5 Å². The first kappa shape index (κ1) is 18.2. The highest BCUT2D eigenvalue weighted by Crippen LogP contribution is 2.36. The van der Waals surface area contributed by atoms with Gasteiger partial charge in [-0.05, 0) is 60.2 Å². The number of thiophene rings is 1. The number of rotatable bonds is 3. The van der Waals surface area contributed by atoms with Crippen molar-refractivity contribution >= 4 is 17.2 Å². The highest BCUT2D eigenvalue weighted by molar-refractivity contribution is 7.13. The Morgan fingerprint density at radius 2 is 1.90 bits per heavy atom. The Bertz CT molecular complexity index is 1100. The van der Waals surface area contributed by atoms with Crippen LogP contribution < -0.4 is 10.3 Å². The van der Waals surface area contributed by atoms with Gasteiger partial charge in [0.25, 0.3) is 11.5 Å². The minimum Gasteiger partial charge on any atom is -0.497 e. The third-order valence-corrected chi connectivity index (χ3v) is 6.92. The zero-order chi connectivity index (χ0) is 20.0. The van der Waals surface area contributed by atoms with E-state index in [1.165, 1.54) is 0 Å². The van der Waals surface area contributed by atoms with E-state index in [1.807, 2.05) is 57.3 Å². The summed E-state index contributed by atoms with van der Waals surface area (Å²) in [5.41, 5.74) is 2.60. The van der Waals surface area contributed by atoms with Crippen molar-refractivity contribution in [2.45, 2.75) is 18.9 Å². The van der Waals surface area contributed by atoms with Gasteiger partial charge < -0.3 is 14.2 Å². The molecule has 148 valence electrons. The van der Waals surface area contributed by atoms with E-state index in [4.69, 9.17) is 4.74 Å². The molecule has 5 nitrogen and oxygen atoms in total. The van der Waals surface area contributed by atoms with Crippen LogP contribution >= 0.6 is 11.3 Å². The Kier molecular flexibility index (Phi) is 4.51. The van der Waals surface area contributed by atoms with Crippen LogP contribution in [0.15, 0.2) is 58.7 Å². The van der Waals surface area contributed by atoms with Crippen LogP contribution in [0.4, 0.5) is 0 Å². The normalized spacial score (nSPS) is 20.2. The molecule has 1 aromatic carbocycles. The molecule has 2 aliphatic heterocycles. The van der Waals surface area contributed by atoms with Crippen LogP contribution in [0, 0.1) is 5.92 Å². The minimum absolute atomic E-state index is 0.0494. The lowest BCUT2D eigenvalue weighted by atomic mass is 9.82. The average Bonchev–Trinajstić information content (AvgIpc) is 3.28. The van der Waals surface area contributed by atoms with Crippen molar-refractivity contribution in [3.05, 3.63) is 75.5 Å². The molecule has 2 atom stereocenters. The van der Waals surface area contributed by atoms with E-state index in [0.29, 0.717) is 31.1 Å². The quantitative estimate of drug-likeness (QED) is 0.664. The number of carbonyl (C=O) groups excluding carboxylic acids is 1. The second-order valence-electron chi connectivity index (χ2n) is 7.80. The van der Waals surface area contributed by atoms with Crippen molar-refractivity contribution < 1.29 is 9.53 Å². The van der Waals surface area contributed by atoms with Gasteiger partial charge in [-0.25, -0.2) is 0 Å². The van der Waals surface area contributed by atoms with Gasteiger partial charge >= 0.3 is 0 Å². The first-order valence-electron chi connectivity index (χ1n) is 9.85. The highest BCUT2D eigenvalue weighted by Gasteiger charge is 2.37. The molecule has 0 saturated carbocycles. The molecule has 2 bridgehead atoms. The van der Waals surface area contributed by atoms with Gasteiger partial charge in [-0.15, -0.1) is 11.3 Å². The zero-order valence-corrected chi connectivity index (χ0v) is 17.0. The zero-order valence-electron chi connectivity index (χ0n) is 16.2. The molecule has 29 heavy (non-hydrogen) atoms. The molecule has 0 spiro atoms. The Hall–Kier alpha value is -2.86. The number of amides is 1. The Morgan fingerprint density at radius 1 is 1.07 bits per heavy atom. The molecule has 6 heteroatoms. The summed E-state index contributed by atoms with van der Waals surface area (Å²) in [4.78, 5) is 29.1. The molecule has 5 rings (SSSR count). The Labute approximate surface area is 173 Å². The molecule has 0 N–H and O–H groups in total. The summed E-state index contributed by atoms with van der Waals surface area (Å²) in [6, 6.07) is 15.3. The van der Waals surface area contributed by atoms with Gasteiger partial charge in [0, 0.05) is 41.7 Å².